The summed E-state index contributed by atoms with van der Waals surface area (Å²) in [5, 5.41) is 0. The van der Waals surface area contributed by atoms with Crippen LogP contribution in [0.5, 0.6) is 0 Å². The van der Waals surface area contributed by atoms with Crippen molar-refractivity contribution in [3.63, 3.8) is 0 Å². The highest BCUT2D eigenvalue weighted by Gasteiger charge is 1.96. The van der Waals surface area contributed by atoms with E-state index in [0.717, 1.165) is 5.56 Å². The Morgan fingerprint density at radius 2 is 2.00 bits per heavy atom. The number of benzene rings is 1. The Morgan fingerprint density at radius 1 is 1.17 bits per heavy atom. The molecule has 2 aromatic rings. The minimum absolute atomic E-state index is 0.682. The SMILES string of the molecule is [c]1cccc(-c2ncncn2)c1. The molecule has 0 unspecified atom stereocenters. The summed E-state index contributed by atoms with van der Waals surface area (Å²) in [6.07, 6.45) is 2.96. The summed E-state index contributed by atoms with van der Waals surface area (Å²) in [5.41, 5.74) is 0.958. The molecule has 1 aromatic heterocycles. The van der Waals surface area contributed by atoms with E-state index < -0.39 is 0 Å². The van der Waals surface area contributed by atoms with Crippen molar-refractivity contribution in [1.29, 1.82) is 0 Å². The van der Waals surface area contributed by atoms with Gasteiger partial charge in [0.25, 0.3) is 0 Å². The van der Waals surface area contributed by atoms with Gasteiger partial charge in [-0.05, 0) is 12.1 Å². The van der Waals surface area contributed by atoms with Crippen LogP contribution in [0.25, 0.3) is 11.4 Å². The predicted molar refractivity (Wildman–Crippen MR) is 44.1 cm³/mol. The molecule has 1 aromatic carbocycles. The van der Waals surface area contributed by atoms with Crippen LogP contribution in [0.15, 0.2) is 36.9 Å². The van der Waals surface area contributed by atoms with Crippen LogP contribution in [0.1, 0.15) is 0 Å². The van der Waals surface area contributed by atoms with E-state index in [9.17, 15) is 0 Å². The highest BCUT2D eigenvalue weighted by atomic mass is 15.0. The average molecular weight is 156 g/mol. The van der Waals surface area contributed by atoms with Crippen molar-refractivity contribution in [3.05, 3.63) is 43.0 Å². The van der Waals surface area contributed by atoms with Crippen molar-refractivity contribution in [2.45, 2.75) is 0 Å². The molecule has 12 heavy (non-hydrogen) atoms. The molecule has 3 heteroatoms. The summed E-state index contributed by atoms with van der Waals surface area (Å²) >= 11 is 0. The van der Waals surface area contributed by atoms with Gasteiger partial charge in [-0.25, -0.2) is 15.0 Å². The first-order valence-electron chi connectivity index (χ1n) is 3.55. The number of aromatic nitrogens is 3. The molecule has 0 saturated heterocycles. The second-order valence-electron chi connectivity index (χ2n) is 2.25. The van der Waals surface area contributed by atoms with Gasteiger partial charge < -0.3 is 0 Å². The summed E-state index contributed by atoms with van der Waals surface area (Å²) < 4.78 is 0. The molecule has 2 rings (SSSR count). The smallest absolute Gasteiger partial charge is 0.162 e. The second-order valence-corrected chi connectivity index (χ2v) is 2.25. The molecule has 0 fully saturated rings. The monoisotopic (exact) mass is 156 g/mol. The lowest BCUT2D eigenvalue weighted by atomic mass is 10.2. The molecule has 1 heterocycles. The fraction of sp³-hybridized carbons (Fsp3) is 0. The molecule has 0 atom stereocenters. The van der Waals surface area contributed by atoms with E-state index in [-0.39, 0.29) is 0 Å². The molecular weight excluding hydrogens is 150 g/mol. The molecule has 1 radical (unpaired) electrons. The molecule has 0 spiro atoms. The third-order valence-corrected chi connectivity index (χ3v) is 1.46. The summed E-state index contributed by atoms with van der Waals surface area (Å²) in [5.74, 6) is 0.682. The van der Waals surface area contributed by atoms with Crippen molar-refractivity contribution < 1.29 is 0 Å². The van der Waals surface area contributed by atoms with Crippen LogP contribution >= 0.6 is 0 Å². The van der Waals surface area contributed by atoms with E-state index >= 15 is 0 Å². The van der Waals surface area contributed by atoms with Crippen LogP contribution in [-0.4, -0.2) is 15.0 Å². The number of rotatable bonds is 1. The van der Waals surface area contributed by atoms with Gasteiger partial charge >= 0.3 is 0 Å². The van der Waals surface area contributed by atoms with Crippen LogP contribution in [0.2, 0.25) is 0 Å². The van der Waals surface area contributed by atoms with Crippen LogP contribution in [-0.2, 0) is 0 Å². The zero-order valence-corrected chi connectivity index (χ0v) is 6.31. The van der Waals surface area contributed by atoms with Gasteiger partial charge in [-0.2, -0.15) is 0 Å². The molecule has 57 valence electrons. The number of nitrogens with zero attached hydrogens (tertiary/aromatic N) is 3. The fourth-order valence-electron chi connectivity index (χ4n) is 0.921. The van der Waals surface area contributed by atoms with E-state index in [1.807, 2.05) is 24.3 Å². The third kappa shape index (κ3) is 1.29. The second kappa shape index (κ2) is 3.09. The Morgan fingerprint density at radius 3 is 2.67 bits per heavy atom. The normalized spacial score (nSPS) is 9.67. The highest BCUT2D eigenvalue weighted by Crippen LogP contribution is 2.10. The third-order valence-electron chi connectivity index (χ3n) is 1.46. The van der Waals surface area contributed by atoms with Gasteiger partial charge in [-0.15, -0.1) is 0 Å². The van der Waals surface area contributed by atoms with Crippen molar-refractivity contribution in [1.82, 2.24) is 15.0 Å². The van der Waals surface area contributed by atoms with Crippen LogP contribution in [0.3, 0.4) is 0 Å². The average Bonchev–Trinajstić information content (AvgIpc) is 2.21. The van der Waals surface area contributed by atoms with Crippen molar-refractivity contribution in [2.24, 2.45) is 0 Å². The zero-order chi connectivity index (χ0) is 8.23. The molecule has 0 amide bonds. The van der Waals surface area contributed by atoms with Gasteiger partial charge in [0, 0.05) is 5.56 Å². The number of hydrogen-bond donors (Lipinski definition) is 0. The van der Waals surface area contributed by atoms with Crippen molar-refractivity contribution in [3.8, 4) is 11.4 Å². The van der Waals surface area contributed by atoms with Crippen LogP contribution in [0.4, 0.5) is 0 Å². The Bertz CT molecular complexity index is 307. The molecule has 0 aliphatic rings. The van der Waals surface area contributed by atoms with E-state index in [1.54, 1.807) is 0 Å². The van der Waals surface area contributed by atoms with Crippen molar-refractivity contribution in [2.75, 3.05) is 0 Å². The highest BCUT2D eigenvalue weighted by molar-refractivity contribution is 5.53. The Labute approximate surface area is 70.1 Å². The van der Waals surface area contributed by atoms with Gasteiger partial charge in [0.2, 0.25) is 0 Å². The first-order valence-corrected chi connectivity index (χ1v) is 3.55. The zero-order valence-electron chi connectivity index (χ0n) is 6.31. The Balaban J connectivity index is 2.46. The molecule has 3 nitrogen and oxygen atoms in total. The lowest BCUT2D eigenvalue weighted by Crippen LogP contribution is -1.87. The van der Waals surface area contributed by atoms with E-state index in [1.165, 1.54) is 12.7 Å². The summed E-state index contributed by atoms with van der Waals surface area (Å²) in [6, 6.07) is 10.5. The van der Waals surface area contributed by atoms with Gasteiger partial charge in [-0.3, -0.25) is 0 Å². The fourth-order valence-corrected chi connectivity index (χ4v) is 0.921. The Hall–Kier alpha value is -1.77. The van der Waals surface area contributed by atoms with E-state index in [4.69, 9.17) is 0 Å². The maximum absolute atomic E-state index is 4.01. The summed E-state index contributed by atoms with van der Waals surface area (Å²) in [6.45, 7) is 0. The van der Waals surface area contributed by atoms with E-state index in [0.29, 0.717) is 5.82 Å². The van der Waals surface area contributed by atoms with Gasteiger partial charge in [-0.1, -0.05) is 18.2 Å². The standard InChI is InChI=1S/C9H6N3/c1-2-4-8(5-3-1)9-11-6-10-7-12-9/h1-2,4-7H. The Kier molecular flexibility index (Phi) is 1.78. The van der Waals surface area contributed by atoms with Gasteiger partial charge in [0.15, 0.2) is 5.82 Å². The maximum Gasteiger partial charge on any atom is 0.162 e. The first-order chi connectivity index (χ1) is 5.97. The lowest BCUT2D eigenvalue weighted by Gasteiger charge is -1.95. The van der Waals surface area contributed by atoms with Crippen molar-refractivity contribution >= 4 is 0 Å². The van der Waals surface area contributed by atoms with Gasteiger partial charge in [0.05, 0.1) is 0 Å². The summed E-state index contributed by atoms with van der Waals surface area (Å²) in [7, 11) is 0. The maximum atomic E-state index is 4.01. The largest absolute Gasteiger partial charge is 0.225 e. The lowest BCUT2D eigenvalue weighted by molar-refractivity contribution is 1.06. The molecule has 0 aliphatic carbocycles. The summed E-state index contributed by atoms with van der Waals surface area (Å²) in [4.78, 5) is 11.8. The minimum atomic E-state index is 0.682. The van der Waals surface area contributed by atoms with Gasteiger partial charge in [0.1, 0.15) is 12.7 Å². The topological polar surface area (TPSA) is 38.7 Å². The van der Waals surface area contributed by atoms with Crippen LogP contribution < -0.4 is 0 Å². The molecular formula is C9H6N3. The quantitative estimate of drug-likeness (QED) is 0.625. The molecule has 0 saturated carbocycles. The number of hydrogen-bond acceptors (Lipinski definition) is 3. The molecule has 0 aliphatic heterocycles. The van der Waals surface area contributed by atoms with Crippen LogP contribution in [0, 0.1) is 6.07 Å². The van der Waals surface area contributed by atoms with E-state index in [2.05, 4.69) is 21.0 Å². The first kappa shape index (κ1) is 6.91. The predicted octanol–water partition coefficient (Wildman–Crippen LogP) is 1.34. The molecule has 0 bridgehead atoms. The minimum Gasteiger partial charge on any atom is -0.225 e. The molecule has 0 N–H and O–H groups in total.